The SMILES string of the molecule is O=CNC[C@@H](O)c1ccc(O)c(-c2cc([C@@H](O)[C@@H](NC=O)C(=O)O)ccc2O)c1. The number of aromatic hydroxyl groups is 2. The van der Waals surface area contributed by atoms with Gasteiger partial charge in [0, 0.05) is 17.7 Å². The lowest BCUT2D eigenvalue weighted by molar-refractivity contribution is -0.143. The molecule has 10 nitrogen and oxygen atoms in total. The van der Waals surface area contributed by atoms with E-state index in [0.717, 1.165) is 0 Å². The summed E-state index contributed by atoms with van der Waals surface area (Å²) in [4.78, 5) is 32.3. The van der Waals surface area contributed by atoms with E-state index in [1.165, 1.54) is 36.4 Å². The van der Waals surface area contributed by atoms with Crippen LogP contribution in [0.1, 0.15) is 23.3 Å². The van der Waals surface area contributed by atoms with Gasteiger partial charge < -0.3 is 36.2 Å². The average Bonchev–Trinajstić information content (AvgIpc) is 2.70. The molecule has 0 heterocycles. The summed E-state index contributed by atoms with van der Waals surface area (Å²) in [5.41, 5.74) is 0.567. The van der Waals surface area contributed by atoms with Gasteiger partial charge in [-0.05, 0) is 35.4 Å². The highest BCUT2D eigenvalue weighted by molar-refractivity contribution is 5.79. The minimum Gasteiger partial charge on any atom is -0.507 e. The van der Waals surface area contributed by atoms with Crippen LogP contribution in [-0.4, -0.2) is 56.9 Å². The molecule has 0 aliphatic heterocycles. The first-order valence-electron chi connectivity index (χ1n) is 8.42. The Hall–Kier alpha value is -3.63. The van der Waals surface area contributed by atoms with Gasteiger partial charge in [0.1, 0.15) is 17.6 Å². The number of carbonyl (C=O) groups is 3. The maximum atomic E-state index is 11.3. The topological polar surface area (TPSA) is 176 Å². The van der Waals surface area contributed by atoms with Crippen LogP contribution in [0.2, 0.25) is 0 Å². The standard InChI is InChI=1S/C19H20N2O8/c22-8-20-7-16(26)10-1-3-14(24)12(5-10)13-6-11(2-4-15(13)25)18(27)17(19(28)29)21-9-23/h1-6,8-9,16-18,24-27H,7H2,(H,20,22)(H,21,23)(H,28,29)/t16-,17-,18-/m1/s1. The largest absolute Gasteiger partial charge is 0.507 e. The molecule has 29 heavy (non-hydrogen) atoms. The number of phenols is 2. The molecule has 2 rings (SSSR count). The molecule has 0 radical (unpaired) electrons. The zero-order valence-corrected chi connectivity index (χ0v) is 15.0. The van der Waals surface area contributed by atoms with E-state index in [1.54, 1.807) is 0 Å². The molecule has 2 amide bonds. The molecular weight excluding hydrogens is 384 g/mol. The Morgan fingerprint density at radius 1 is 0.931 bits per heavy atom. The Kier molecular flexibility index (Phi) is 7.12. The molecule has 0 unspecified atom stereocenters. The number of aliphatic carboxylic acids is 1. The van der Waals surface area contributed by atoms with Gasteiger partial charge in [0.2, 0.25) is 12.8 Å². The number of phenolic OH excluding ortho intramolecular Hbond substituents is 2. The summed E-state index contributed by atoms with van der Waals surface area (Å²) in [6, 6.07) is 6.21. The Bertz CT molecular complexity index is 902. The summed E-state index contributed by atoms with van der Waals surface area (Å²) in [6.45, 7) is -0.0733. The highest BCUT2D eigenvalue weighted by Gasteiger charge is 2.28. The van der Waals surface area contributed by atoms with E-state index in [4.69, 9.17) is 5.11 Å². The van der Waals surface area contributed by atoms with E-state index in [2.05, 4.69) is 5.32 Å². The summed E-state index contributed by atoms with van der Waals surface area (Å²) in [6.07, 6.45) is -2.14. The van der Waals surface area contributed by atoms with Crippen LogP contribution in [0.25, 0.3) is 11.1 Å². The van der Waals surface area contributed by atoms with Gasteiger partial charge in [-0.2, -0.15) is 0 Å². The quantitative estimate of drug-likeness (QED) is 0.266. The van der Waals surface area contributed by atoms with Crippen LogP contribution in [-0.2, 0) is 14.4 Å². The minimum absolute atomic E-state index is 0.0617. The fourth-order valence-electron chi connectivity index (χ4n) is 2.77. The van der Waals surface area contributed by atoms with Crippen LogP contribution in [0.15, 0.2) is 36.4 Å². The van der Waals surface area contributed by atoms with Crippen LogP contribution in [0.3, 0.4) is 0 Å². The fourth-order valence-corrected chi connectivity index (χ4v) is 2.77. The average molecular weight is 404 g/mol. The zero-order chi connectivity index (χ0) is 21.6. The maximum absolute atomic E-state index is 11.3. The number of aliphatic hydroxyl groups is 2. The number of nitrogens with one attached hydrogen (secondary N) is 2. The van der Waals surface area contributed by atoms with Crippen molar-refractivity contribution in [3.05, 3.63) is 47.5 Å². The Labute approximate surface area is 165 Å². The molecule has 0 fully saturated rings. The van der Waals surface area contributed by atoms with Gasteiger partial charge in [-0.25, -0.2) is 4.79 Å². The Balaban J connectivity index is 2.47. The van der Waals surface area contributed by atoms with Crippen molar-refractivity contribution in [2.75, 3.05) is 6.54 Å². The van der Waals surface area contributed by atoms with Crippen LogP contribution in [0.4, 0.5) is 0 Å². The van der Waals surface area contributed by atoms with Gasteiger partial charge in [0.15, 0.2) is 6.04 Å². The molecule has 0 spiro atoms. The number of carboxylic acid groups (broad SMARTS) is 1. The summed E-state index contributed by atoms with van der Waals surface area (Å²) in [7, 11) is 0. The first kappa shape index (κ1) is 21.7. The number of carbonyl (C=O) groups excluding carboxylic acids is 2. The van der Waals surface area contributed by atoms with E-state index >= 15 is 0 Å². The summed E-state index contributed by atoms with van der Waals surface area (Å²) < 4.78 is 0. The van der Waals surface area contributed by atoms with Gasteiger partial charge in [0.25, 0.3) is 0 Å². The van der Waals surface area contributed by atoms with Gasteiger partial charge in [-0.1, -0.05) is 12.1 Å². The number of rotatable bonds is 10. The first-order valence-corrected chi connectivity index (χ1v) is 8.42. The van der Waals surface area contributed by atoms with Crippen molar-refractivity contribution < 1.29 is 39.9 Å². The highest BCUT2D eigenvalue weighted by Crippen LogP contribution is 2.38. The van der Waals surface area contributed by atoms with E-state index in [0.29, 0.717) is 12.0 Å². The van der Waals surface area contributed by atoms with Crippen LogP contribution in [0.5, 0.6) is 11.5 Å². The number of aliphatic hydroxyl groups excluding tert-OH is 2. The number of hydrogen-bond acceptors (Lipinski definition) is 7. The summed E-state index contributed by atoms with van der Waals surface area (Å²) in [5, 5.41) is 54.3. The minimum atomic E-state index is -1.63. The second kappa shape index (κ2) is 9.53. The molecule has 0 bridgehead atoms. The molecule has 2 aromatic carbocycles. The molecule has 3 atom stereocenters. The second-order valence-electron chi connectivity index (χ2n) is 6.14. The number of benzene rings is 2. The molecule has 0 saturated carbocycles. The monoisotopic (exact) mass is 404 g/mol. The van der Waals surface area contributed by atoms with Crippen molar-refractivity contribution in [3.8, 4) is 22.6 Å². The fraction of sp³-hybridized carbons (Fsp3) is 0.211. The predicted molar refractivity (Wildman–Crippen MR) is 99.8 cm³/mol. The predicted octanol–water partition coefficient (Wildman–Crippen LogP) is -0.223. The van der Waals surface area contributed by atoms with Gasteiger partial charge in [-0.3, -0.25) is 9.59 Å². The van der Waals surface area contributed by atoms with Crippen molar-refractivity contribution in [3.63, 3.8) is 0 Å². The smallest absolute Gasteiger partial charge is 0.329 e. The normalized spacial score (nSPS) is 13.7. The molecule has 10 heteroatoms. The third kappa shape index (κ3) is 5.00. The molecular formula is C19H20N2O8. The van der Waals surface area contributed by atoms with Crippen LogP contribution >= 0.6 is 0 Å². The second-order valence-corrected chi connectivity index (χ2v) is 6.14. The molecule has 0 aliphatic carbocycles. The Morgan fingerprint density at radius 2 is 1.48 bits per heavy atom. The van der Waals surface area contributed by atoms with Crippen molar-refractivity contribution in [1.82, 2.24) is 10.6 Å². The zero-order valence-electron chi connectivity index (χ0n) is 15.0. The number of amides is 2. The third-order valence-electron chi connectivity index (χ3n) is 4.28. The van der Waals surface area contributed by atoms with E-state index < -0.39 is 24.2 Å². The van der Waals surface area contributed by atoms with Gasteiger partial charge in [-0.15, -0.1) is 0 Å². The molecule has 0 aromatic heterocycles. The summed E-state index contributed by atoms with van der Waals surface area (Å²) >= 11 is 0. The molecule has 7 N–H and O–H groups in total. The molecule has 154 valence electrons. The lowest BCUT2D eigenvalue weighted by atomic mass is 9.94. The van der Waals surface area contributed by atoms with Crippen molar-refractivity contribution in [2.24, 2.45) is 0 Å². The highest BCUT2D eigenvalue weighted by atomic mass is 16.4. The lowest BCUT2D eigenvalue weighted by Crippen LogP contribution is -2.41. The number of hydrogen-bond donors (Lipinski definition) is 7. The maximum Gasteiger partial charge on any atom is 0.329 e. The molecule has 2 aromatic rings. The van der Waals surface area contributed by atoms with Crippen molar-refractivity contribution in [1.29, 1.82) is 0 Å². The Morgan fingerprint density at radius 3 is 2.00 bits per heavy atom. The van der Waals surface area contributed by atoms with Crippen LogP contribution in [0, 0.1) is 0 Å². The summed E-state index contributed by atoms with van der Waals surface area (Å²) in [5.74, 6) is -1.98. The van der Waals surface area contributed by atoms with Gasteiger partial charge >= 0.3 is 5.97 Å². The molecule has 0 saturated heterocycles. The van der Waals surface area contributed by atoms with E-state index in [9.17, 15) is 34.8 Å². The van der Waals surface area contributed by atoms with E-state index in [-0.39, 0.29) is 41.1 Å². The molecule has 0 aliphatic rings. The van der Waals surface area contributed by atoms with Gasteiger partial charge in [0.05, 0.1) is 6.10 Å². The van der Waals surface area contributed by atoms with Crippen molar-refractivity contribution >= 4 is 18.8 Å². The number of carboxylic acids is 1. The van der Waals surface area contributed by atoms with Crippen molar-refractivity contribution in [2.45, 2.75) is 18.2 Å². The lowest BCUT2D eigenvalue weighted by Gasteiger charge is -2.20. The third-order valence-corrected chi connectivity index (χ3v) is 4.28. The van der Waals surface area contributed by atoms with E-state index in [1.807, 2.05) is 5.32 Å². The van der Waals surface area contributed by atoms with Crippen LogP contribution < -0.4 is 10.6 Å². The first-order chi connectivity index (χ1) is 13.8.